The Bertz CT molecular complexity index is 891. The number of ether oxygens (including phenoxy) is 2. The minimum Gasteiger partial charge on any atom is -0.485 e. The average Bonchev–Trinajstić information content (AvgIpc) is 2.67. The highest BCUT2D eigenvalue weighted by Gasteiger charge is 2.30. The number of halogens is 3. The smallest absolute Gasteiger partial charge is 0.267 e. The van der Waals surface area contributed by atoms with Crippen LogP contribution in [0.15, 0.2) is 36.4 Å². The number of fused-ring (bicyclic) bond motifs is 1. The number of benzene rings is 2. The first-order valence-corrected chi connectivity index (χ1v) is 7.93. The van der Waals surface area contributed by atoms with Gasteiger partial charge in [-0.25, -0.2) is 13.2 Å². The first-order valence-electron chi connectivity index (χ1n) is 7.93. The van der Waals surface area contributed by atoms with Crippen LogP contribution >= 0.6 is 0 Å². The Balaban J connectivity index is 1.60. The molecule has 27 heavy (non-hydrogen) atoms. The molecule has 0 spiro atoms. The SMILES string of the molecule is CN(CC(=O)Nc1ccc(F)c(F)c1F)C(=O)[C@H]1COc2ccccc2O1. The molecule has 1 aliphatic rings. The Morgan fingerprint density at radius 3 is 2.56 bits per heavy atom. The molecule has 1 N–H and O–H groups in total. The molecule has 0 fully saturated rings. The molecule has 2 amide bonds. The van der Waals surface area contributed by atoms with Crippen LogP contribution in [-0.4, -0.2) is 43.0 Å². The Hall–Kier alpha value is -3.23. The molecule has 2 aromatic carbocycles. The fraction of sp³-hybridized carbons (Fsp3) is 0.222. The number of nitrogens with one attached hydrogen (secondary N) is 1. The van der Waals surface area contributed by atoms with Crippen molar-refractivity contribution in [3.8, 4) is 11.5 Å². The molecule has 0 bridgehead atoms. The second kappa shape index (κ2) is 7.56. The van der Waals surface area contributed by atoms with Gasteiger partial charge < -0.3 is 19.7 Å². The molecule has 0 radical (unpaired) electrons. The van der Waals surface area contributed by atoms with Gasteiger partial charge in [0.15, 0.2) is 29.0 Å². The number of nitrogens with zero attached hydrogens (tertiary/aromatic N) is 1. The molecule has 1 heterocycles. The summed E-state index contributed by atoms with van der Waals surface area (Å²) in [4.78, 5) is 25.5. The number of likely N-dealkylation sites (N-methyl/N-ethyl adjacent to an activating group) is 1. The summed E-state index contributed by atoms with van der Waals surface area (Å²) in [5.41, 5.74) is -0.522. The number of amides is 2. The van der Waals surface area contributed by atoms with E-state index < -0.39 is 47.6 Å². The molecule has 1 aliphatic heterocycles. The lowest BCUT2D eigenvalue weighted by Gasteiger charge is -2.28. The van der Waals surface area contributed by atoms with Crippen molar-refractivity contribution in [3.63, 3.8) is 0 Å². The number of rotatable bonds is 4. The quantitative estimate of drug-likeness (QED) is 0.827. The zero-order chi connectivity index (χ0) is 19.6. The molecule has 6 nitrogen and oxygen atoms in total. The fourth-order valence-corrected chi connectivity index (χ4v) is 2.49. The molecule has 0 saturated heterocycles. The first kappa shape index (κ1) is 18.6. The van der Waals surface area contributed by atoms with Crippen LogP contribution in [0.4, 0.5) is 18.9 Å². The van der Waals surface area contributed by atoms with Crippen molar-refractivity contribution in [2.24, 2.45) is 0 Å². The summed E-state index contributed by atoms with van der Waals surface area (Å²) < 4.78 is 50.7. The Labute approximate surface area is 152 Å². The van der Waals surface area contributed by atoms with Crippen molar-refractivity contribution in [1.82, 2.24) is 4.90 Å². The summed E-state index contributed by atoms with van der Waals surface area (Å²) >= 11 is 0. The van der Waals surface area contributed by atoms with Gasteiger partial charge in [0.2, 0.25) is 12.0 Å². The van der Waals surface area contributed by atoms with Crippen LogP contribution in [0.1, 0.15) is 0 Å². The van der Waals surface area contributed by atoms with Gasteiger partial charge in [-0.1, -0.05) is 12.1 Å². The van der Waals surface area contributed by atoms with Crippen LogP contribution in [0.5, 0.6) is 11.5 Å². The predicted molar refractivity (Wildman–Crippen MR) is 88.9 cm³/mol. The van der Waals surface area contributed by atoms with Crippen LogP contribution in [0, 0.1) is 17.5 Å². The number of carbonyl (C=O) groups is 2. The molecule has 0 aliphatic carbocycles. The second-order valence-corrected chi connectivity index (χ2v) is 5.83. The van der Waals surface area contributed by atoms with Gasteiger partial charge in [0.05, 0.1) is 12.2 Å². The van der Waals surface area contributed by atoms with Gasteiger partial charge in [0.25, 0.3) is 5.91 Å². The van der Waals surface area contributed by atoms with Gasteiger partial charge in [0, 0.05) is 7.05 Å². The molecule has 2 aromatic rings. The third-order valence-electron chi connectivity index (χ3n) is 3.85. The minimum absolute atomic E-state index is 0.0282. The largest absolute Gasteiger partial charge is 0.485 e. The predicted octanol–water partition coefficient (Wildman–Crippen LogP) is 2.34. The van der Waals surface area contributed by atoms with Crippen LogP contribution in [0.25, 0.3) is 0 Å². The lowest BCUT2D eigenvalue weighted by molar-refractivity contribution is -0.141. The number of para-hydroxylation sites is 2. The number of anilines is 1. The van der Waals surface area contributed by atoms with Gasteiger partial charge in [-0.3, -0.25) is 9.59 Å². The monoisotopic (exact) mass is 380 g/mol. The summed E-state index contributed by atoms with van der Waals surface area (Å²) in [5.74, 6) is -4.97. The standard InChI is InChI=1S/C18H15F3N2O4/c1-23(8-15(24)22-11-7-6-10(19)16(20)17(11)21)18(25)14-9-26-12-4-2-3-5-13(12)27-14/h2-7,14H,8-9H2,1H3,(H,22,24)/t14-/m1/s1. The summed E-state index contributed by atoms with van der Waals surface area (Å²) in [7, 11) is 1.35. The van der Waals surface area contributed by atoms with Crippen LogP contribution < -0.4 is 14.8 Å². The second-order valence-electron chi connectivity index (χ2n) is 5.83. The zero-order valence-corrected chi connectivity index (χ0v) is 14.2. The Morgan fingerprint density at radius 1 is 1.11 bits per heavy atom. The van der Waals surface area contributed by atoms with Gasteiger partial charge in [0.1, 0.15) is 6.61 Å². The van der Waals surface area contributed by atoms with Gasteiger partial charge in [-0.05, 0) is 24.3 Å². The Morgan fingerprint density at radius 2 is 1.81 bits per heavy atom. The maximum atomic E-state index is 13.6. The molecule has 0 aromatic heterocycles. The van der Waals surface area contributed by atoms with E-state index >= 15 is 0 Å². The van der Waals surface area contributed by atoms with Crippen molar-refractivity contribution in [2.45, 2.75) is 6.10 Å². The van der Waals surface area contributed by atoms with Crippen molar-refractivity contribution >= 4 is 17.5 Å². The van der Waals surface area contributed by atoms with E-state index in [0.717, 1.165) is 11.0 Å². The highest BCUT2D eigenvalue weighted by atomic mass is 19.2. The summed E-state index contributed by atoms with van der Waals surface area (Å²) in [6.45, 7) is -0.474. The van der Waals surface area contributed by atoms with Gasteiger partial charge >= 0.3 is 0 Å². The molecule has 0 saturated carbocycles. The number of hydrogen-bond donors (Lipinski definition) is 1. The van der Waals surface area contributed by atoms with E-state index in [2.05, 4.69) is 5.32 Å². The highest BCUT2D eigenvalue weighted by molar-refractivity contribution is 5.95. The van der Waals surface area contributed by atoms with E-state index in [1.165, 1.54) is 7.05 Å². The molecule has 3 rings (SSSR count). The summed E-state index contributed by atoms with van der Waals surface area (Å²) in [5, 5.41) is 2.10. The van der Waals surface area contributed by atoms with Gasteiger partial charge in [-0.15, -0.1) is 0 Å². The van der Waals surface area contributed by atoms with E-state index in [0.29, 0.717) is 17.6 Å². The van der Waals surface area contributed by atoms with E-state index in [-0.39, 0.29) is 6.61 Å². The van der Waals surface area contributed by atoms with Crippen LogP contribution in [0.3, 0.4) is 0 Å². The molecule has 1 atom stereocenters. The van der Waals surface area contributed by atoms with E-state index in [4.69, 9.17) is 9.47 Å². The highest BCUT2D eigenvalue weighted by Crippen LogP contribution is 2.31. The van der Waals surface area contributed by atoms with E-state index in [9.17, 15) is 22.8 Å². The maximum absolute atomic E-state index is 13.6. The number of carbonyl (C=O) groups excluding carboxylic acids is 2. The van der Waals surface area contributed by atoms with Crippen molar-refractivity contribution in [3.05, 3.63) is 53.8 Å². The summed E-state index contributed by atoms with van der Waals surface area (Å²) in [6.07, 6.45) is -0.947. The zero-order valence-electron chi connectivity index (χ0n) is 14.2. The third kappa shape index (κ3) is 3.97. The van der Waals surface area contributed by atoms with Crippen molar-refractivity contribution < 1.29 is 32.2 Å². The molecule has 0 unspecified atom stereocenters. The van der Waals surface area contributed by atoms with Crippen LogP contribution in [0.2, 0.25) is 0 Å². The number of hydrogen-bond acceptors (Lipinski definition) is 4. The fourth-order valence-electron chi connectivity index (χ4n) is 2.49. The first-order chi connectivity index (χ1) is 12.9. The molecule has 9 heteroatoms. The molecule has 142 valence electrons. The topological polar surface area (TPSA) is 67.9 Å². The van der Waals surface area contributed by atoms with Crippen molar-refractivity contribution in [1.29, 1.82) is 0 Å². The molecular weight excluding hydrogens is 365 g/mol. The lowest BCUT2D eigenvalue weighted by Crippen LogP contribution is -2.47. The molecular formula is C18H15F3N2O4. The van der Waals surface area contributed by atoms with E-state index in [1.807, 2.05) is 0 Å². The van der Waals surface area contributed by atoms with E-state index in [1.54, 1.807) is 24.3 Å². The van der Waals surface area contributed by atoms with Crippen molar-refractivity contribution in [2.75, 3.05) is 25.5 Å². The average molecular weight is 380 g/mol. The maximum Gasteiger partial charge on any atom is 0.267 e. The normalized spacial score (nSPS) is 15.2. The van der Waals surface area contributed by atoms with Gasteiger partial charge in [-0.2, -0.15) is 0 Å². The van der Waals surface area contributed by atoms with Crippen LogP contribution in [-0.2, 0) is 9.59 Å². The minimum atomic E-state index is -1.69. The lowest BCUT2D eigenvalue weighted by atomic mass is 10.2. The Kier molecular flexibility index (Phi) is 5.20. The third-order valence-corrected chi connectivity index (χ3v) is 3.85. The summed E-state index contributed by atoms with van der Waals surface area (Å²) in [6, 6.07) is 8.41.